The van der Waals surface area contributed by atoms with Gasteiger partial charge in [0.05, 0.1) is 24.3 Å². The molecule has 0 saturated carbocycles. The van der Waals surface area contributed by atoms with Crippen LogP contribution in [0.25, 0.3) is 22.6 Å². The van der Waals surface area contributed by atoms with Crippen molar-refractivity contribution in [2.24, 2.45) is 0 Å². The Balaban J connectivity index is 1.48. The second-order valence-corrected chi connectivity index (χ2v) is 8.03. The first-order valence-corrected chi connectivity index (χ1v) is 10.8. The van der Waals surface area contributed by atoms with Crippen molar-refractivity contribution in [1.82, 2.24) is 34.4 Å². The summed E-state index contributed by atoms with van der Waals surface area (Å²) >= 11 is 0. The van der Waals surface area contributed by atoms with Crippen molar-refractivity contribution in [2.75, 3.05) is 18.5 Å². The van der Waals surface area contributed by atoms with E-state index in [9.17, 15) is 4.79 Å². The van der Waals surface area contributed by atoms with E-state index in [1.807, 2.05) is 30.2 Å². The molecule has 2 aliphatic heterocycles. The number of carbonyl (C=O) groups is 1. The molecule has 10 heteroatoms. The zero-order valence-corrected chi connectivity index (χ0v) is 17.9. The minimum absolute atomic E-state index is 0.0899. The molecule has 3 aromatic heterocycles. The van der Waals surface area contributed by atoms with Gasteiger partial charge in [0.15, 0.2) is 17.0 Å². The Kier molecular flexibility index (Phi) is 5.01. The number of imidazole rings is 1. The van der Waals surface area contributed by atoms with Crippen LogP contribution in [0, 0.1) is 6.92 Å². The first kappa shape index (κ1) is 19.8. The standard InChI is InChI=1S/C21H26N8O2/c1-4-16(21(30)29-9-15-6-14(29)10-31-15)26-18-17-20(25-11-24-18)28(5-2)19(27-17)13-7-22-12(3)23-8-13/h7-8,11,14-16H,4-6,9-10H2,1-3H3,(H,24,25,26)/t14-,15+,16?/m0/s1. The van der Waals surface area contributed by atoms with Gasteiger partial charge in [0.2, 0.25) is 5.91 Å². The third-order valence-electron chi connectivity index (χ3n) is 6.09. The second kappa shape index (κ2) is 7.84. The molecule has 1 unspecified atom stereocenters. The van der Waals surface area contributed by atoms with Crippen LogP contribution in [-0.4, -0.2) is 71.6 Å². The number of ether oxygens (including phenoxy) is 1. The Morgan fingerprint density at radius 3 is 2.71 bits per heavy atom. The lowest BCUT2D eigenvalue weighted by Crippen LogP contribution is -2.48. The summed E-state index contributed by atoms with van der Waals surface area (Å²) in [4.78, 5) is 37.5. The number of nitrogens with one attached hydrogen (secondary N) is 1. The maximum absolute atomic E-state index is 13.2. The first-order chi connectivity index (χ1) is 15.1. The number of aryl methyl sites for hydroxylation is 2. The van der Waals surface area contributed by atoms with E-state index in [4.69, 9.17) is 9.72 Å². The molecule has 162 valence electrons. The van der Waals surface area contributed by atoms with E-state index >= 15 is 0 Å². The average molecular weight is 422 g/mol. The fourth-order valence-corrected chi connectivity index (χ4v) is 4.44. The predicted octanol–water partition coefficient (Wildman–Crippen LogP) is 1.80. The lowest BCUT2D eigenvalue weighted by Gasteiger charge is -2.30. The van der Waals surface area contributed by atoms with Gasteiger partial charge in [0.1, 0.15) is 24.0 Å². The number of anilines is 1. The molecule has 10 nitrogen and oxygen atoms in total. The number of carbonyl (C=O) groups excluding carboxylic acids is 1. The maximum atomic E-state index is 13.2. The largest absolute Gasteiger partial charge is 0.374 e. The van der Waals surface area contributed by atoms with E-state index in [0.717, 1.165) is 17.8 Å². The molecule has 3 atom stereocenters. The summed E-state index contributed by atoms with van der Waals surface area (Å²) in [6, 6.07) is -0.193. The summed E-state index contributed by atoms with van der Waals surface area (Å²) in [6.07, 6.45) is 6.79. The van der Waals surface area contributed by atoms with Crippen LogP contribution < -0.4 is 5.32 Å². The minimum atomic E-state index is -0.379. The first-order valence-electron chi connectivity index (χ1n) is 10.8. The SMILES string of the molecule is CCC(Nc1ncnc2c1nc(-c1cnc(C)nc1)n2CC)C(=O)N1C[C@H]2C[C@H]1CO2. The van der Waals surface area contributed by atoms with Crippen molar-refractivity contribution in [1.29, 1.82) is 0 Å². The molecule has 0 spiro atoms. The molecule has 1 N–H and O–H groups in total. The molecule has 0 aliphatic carbocycles. The average Bonchev–Trinajstić information content (AvgIpc) is 3.51. The van der Waals surface area contributed by atoms with E-state index in [1.54, 1.807) is 12.4 Å². The number of amides is 1. The van der Waals surface area contributed by atoms with Crippen molar-refractivity contribution in [2.45, 2.75) is 58.3 Å². The summed E-state index contributed by atoms with van der Waals surface area (Å²) in [5, 5.41) is 3.34. The van der Waals surface area contributed by atoms with Crippen molar-refractivity contribution in [3.05, 3.63) is 24.5 Å². The van der Waals surface area contributed by atoms with Crippen LogP contribution in [-0.2, 0) is 16.1 Å². The van der Waals surface area contributed by atoms with E-state index < -0.39 is 0 Å². The van der Waals surface area contributed by atoms with E-state index in [2.05, 4.69) is 25.3 Å². The molecule has 0 radical (unpaired) electrons. The highest BCUT2D eigenvalue weighted by Gasteiger charge is 2.43. The number of nitrogens with zero attached hydrogens (tertiary/aromatic N) is 7. The van der Waals surface area contributed by atoms with Gasteiger partial charge in [-0.2, -0.15) is 0 Å². The molecule has 5 rings (SSSR count). The molecule has 5 heterocycles. The topological polar surface area (TPSA) is 111 Å². The predicted molar refractivity (Wildman–Crippen MR) is 114 cm³/mol. The zero-order valence-electron chi connectivity index (χ0n) is 17.9. The Bertz CT molecular complexity index is 1110. The van der Waals surface area contributed by atoms with Crippen LogP contribution in [0.3, 0.4) is 0 Å². The lowest BCUT2D eigenvalue weighted by atomic mass is 10.1. The lowest BCUT2D eigenvalue weighted by molar-refractivity contribution is -0.136. The molecule has 1 amide bonds. The minimum Gasteiger partial charge on any atom is -0.374 e. The third kappa shape index (κ3) is 3.40. The zero-order chi connectivity index (χ0) is 21.5. The van der Waals surface area contributed by atoms with Crippen LogP contribution in [0.5, 0.6) is 0 Å². The van der Waals surface area contributed by atoms with Gasteiger partial charge in [0, 0.05) is 25.5 Å². The van der Waals surface area contributed by atoms with E-state index in [-0.39, 0.29) is 24.1 Å². The Hall–Kier alpha value is -3.14. The number of hydrogen-bond donors (Lipinski definition) is 1. The number of morpholine rings is 1. The van der Waals surface area contributed by atoms with Crippen LogP contribution in [0.2, 0.25) is 0 Å². The quantitative estimate of drug-likeness (QED) is 0.640. The van der Waals surface area contributed by atoms with Gasteiger partial charge in [0.25, 0.3) is 0 Å². The third-order valence-corrected chi connectivity index (χ3v) is 6.09. The summed E-state index contributed by atoms with van der Waals surface area (Å²) in [6.45, 7) is 7.87. The maximum Gasteiger partial charge on any atom is 0.245 e. The van der Waals surface area contributed by atoms with Gasteiger partial charge in [-0.05, 0) is 26.7 Å². The summed E-state index contributed by atoms with van der Waals surface area (Å²) in [5.41, 5.74) is 2.16. The summed E-state index contributed by atoms with van der Waals surface area (Å²) in [7, 11) is 0. The van der Waals surface area contributed by atoms with Crippen molar-refractivity contribution in [3.63, 3.8) is 0 Å². The van der Waals surface area contributed by atoms with Gasteiger partial charge in [-0.15, -0.1) is 0 Å². The Morgan fingerprint density at radius 1 is 1.26 bits per heavy atom. The van der Waals surface area contributed by atoms with Crippen LogP contribution >= 0.6 is 0 Å². The highest BCUT2D eigenvalue weighted by molar-refractivity contribution is 5.90. The fourth-order valence-electron chi connectivity index (χ4n) is 4.44. The normalized spacial score (nSPS) is 21.1. The number of rotatable bonds is 6. The van der Waals surface area contributed by atoms with Gasteiger partial charge in [-0.25, -0.2) is 24.9 Å². The molecule has 3 aromatic rings. The molecule has 2 saturated heterocycles. The molecule has 2 fully saturated rings. The molecular weight excluding hydrogens is 396 g/mol. The Morgan fingerprint density at radius 2 is 2.06 bits per heavy atom. The highest BCUT2D eigenvalue weighted by Crippen LogP contribution is 2.30. The fraction of sp³-hybridized carbons (Fsp3) is 0.524. The number of aromatic nitrogens is 6. The van der Waals surface area contributed by atoms with Crippen molar-refractivity contribution in [3.8, 4) is 11.4 Å². The second-order valence-electron chi connectivity index (χ2n) is 8.03. The van der Waals surface area contributed by atoms with E-state index in [1.165, 1.54) is 6.33 Å². The summed E-state index contributed by atoms with van der Waals surface area (Å²) in [5.74, 6) is 2.09. The summed E-state index contributed by atoms with van der Waals surface area (Å²) < 4.78 is 7.65. The van der Waals surface area contributed by atoms with Gasteiger partial charge in [-0.3, -0.25) is 4.79 Å². The van der Waals surface area contributed by atoms with Crippen LogP contribution in [0.4, 0.5) is 5.82 Å². The number of likely N-dealkylation sites (tertiary alicyclic amines) is 1. The number of hydrogen-bond acceptors (Lipinski definition) is 8. The monoisotopic (exact) mass is 422 g/mol. The number of fused-ring (bicyclic) bond motifs is 3. The Labute approximate surface area is 180 Å². The van der Waals surface area contributed by atoms with Gasteiger partial charge >= 0.3 is 0 Å². The van der Waals surface area contributed by atoms with E-state index in [0.29, 0.717) is 48.9 Å². The molecule has 0 aromatic carbocycles. The molecular formula is C21H26N8O2. The van der Waals surface area contributed by atoms with Crippen molar-refractivity contribution >= 4 is 22.9 Å². The van der Waals surface area contributed by atoms with Crippen molar-refractivity contribution < 1.29 is 9.53 Å². The van der Waals surface area contributed by atoms with Gasteiger partial charge in [-0.1, -0.05) is 6.92 Å². The molecule has 2 bridgehead atoms. The smallest absolute Gasteiger partial charge is 0.245 e. The van der Waals surface area contributed by atoms with Crippen LogP contribution in [0.1, 0.15) is 32.5 Å². The molecule has 31 heavy (non-hydrogen) atoms. The molecule has 2 aliphatic rings. The van der Waals surface area contributed by atoms with Gasteiger partial charge < -0.3 is 19.5 Å². The van der Waals surface area contributed by atoms with Crippen LogP contribution in [0.15, 0.2) is 18.7 Å². The highest BCUT2D eigenvalue weighted by atomic mass is 16.5.